The SMILES string of the molecule is C.C.N[C@H](CN1CCCC1)[C@H](O)c1cc(F)c2c(c1)OCCO2.O=C(N[C@H](CN1CCCC1)[C@H](O)c1cc(F)c2c(c1)OCCO2)C1=NOCc2cc(-c3ccc(F)cc3)ccc21.O=C(O)C1=NOCc2cc(-c3ccc(F)cc3)ccc21. The Bertz CT molecular complexity index is 3300. The van der Waals surface area contributed by atoms with Crippen molar-refractivity contribution in [3.05, 3.63) is 166 Å². The summed E-state index contributed by atoms with van der Waals surface area (Å²) in [5.41, 5.74) is 12.8. The number of amides is 1. The van der Waals surface area contributed by atoms with Crippen LogP contribution in [0.5, 0.6) is 23.0 Å². The second kappa shape index (κ2) is 27.8. The van der Waals surface area contributed by atoms with E-state index in [0.717, 1.165) is 72.4 Å². The van der Waals surface area contributed by atoms with Crippen LogP contribution in [0.3, 0.4) is 0 Å². The first-order valence-electron chi connectivity index (χ1n) is 26.7. The first-order valence-corrected chi connectivity index (χ1v) is 26.7. The molecule has 0 unspecified atom stereocenters. The van der Waals surface area contributed by atoms with Crippen LogP contribution in [-0.2, 0) is 32.5 Å². The number of carboxylic acid groups (broad SMARTS) is 1. The predicted molar refractivity (Wildman–Crippen MR) is 303 cm³/mol. The zero-order chi connectivity index (χ0) is 56.6. The number of hydrogen-bond acceptors (Lipinski definition) is 15. The fourth-order valence-electron chi connectivity index (χ4n) is 10.4. The highest BCUT2D eigenvalue weighted by Crippen LogP contribution is 2.38. The van der Waals surface area contributed by atoms with Crippen molar-refractivity contribution in [2.24, 2.45) is 16.0 Å². The van der Waals surface area contributed by atoms with Gasteiger partial charge in [0.1, 0.15) is 57.4 Å². The van der Waals surface area contributed by atoms with Crippen LogP contribution in [-0.4, -0.2) is 126 Å². The number of hydrogen-bond donors (Lipinski definition) is 5. The number of carboxylic acids is 1. The van der Waals surface area contributed by atoms with Crippen LogP contribution in [0.25, 0.3) is 22.3 Å². The number of carbonyl (C=O) groups is 2. The quantitative estimate of drug-likeness (QED) is 0.0682. The molecule has 6 aliphatic heterocycles. The van der Waals surface area contributed by atoms with E-state index in [1.54, 1.807) is 54.6 Å². The molecule has 2 fully saturated rings. The van der Waals surface area contributed by atoms with Gasteiger partial charge in [-0.25, -0.2) is 22.4 Å². The minimum absolute atomic E-state index is 0. The summed E-state index contributed by atoms with van der Waals surface area (Å²) in [7, 11) is 0. The number of benzene rings is 6. The zero-order valence-corrected chi connectivity index (χ0v) is 44.0. The third-order valence-corrected chi connectivity index (χ3v) is 14.6. The van der Waals surface area contributed by atoms with Crippen molar-refractivity contribution >= 4 is 23.3 Å². The molecule has 2 saturated heterocycles. The number of fused-ring (bicyclic) bond motifs is 4. The van der Waals surface area contributed by atoms with Crippen LogP contribution in [0.2, 0.25) is 0 Å². The largest absolute Gasteiger partial charge is 0.486 e. The summed E-state index contributed by atoms with van der Waals surface area (Å²) in [6, 6.07) is 27.6. The van der Waals surface area contributed by atoms with Gasteiger partial charge in [-0.15, -0.1) is 0 Å². The van der Waals surface area contributed by atoms with Gasteiger partial charge in [-0.05, 0) is 146 Å². The van der Waals surface area contributed by atoms with E-state index in [0.29, 0.717) is 48.7 Å². The summed E-state index contributed by atoms with van der Waals surface area (Å²) in [6.07, 6.45) is 2.25. The Hall–Kier alpha value is -8.08. The molecule has 0 bridgehead atoms. The van der Waals surface area contributed by atoms with E-state index in [9.17, 15) is 37.4 Å². The lowest BCUT2D eigenvalue weighted by molar-refractivity contribution is -0.129. The van der Waals surface area contributed by atoms with Gasteiger partial charge >= 0.3 is 5.97 Å². The van der Waals surface area contributed by atoms with Crippen molar-refractivity contribution in [2.45, 2.75) is 78.0 Å². The number of nitrogens with one attached hydrogen (secondary N) is 1. The Kier molecular flexibility index (Phi) is 20.4. The average molecular weight is 1150 g/mol. The Labute approximate surface area is 478 Å². The van der Waals surface area contributed by atoms with Crippen molar-refractivity contribution in [1.29, 1.82) is 0 Å². The van der Waals surface area contributed by atoms with E-state index >= 15 is 0 Å². The summed E-state index contributed by atoms with van der Waals surface area (Å²) >= 11 is 0. The maximum Gasteiger partial charge on any atom is 0.358 e. The minimum Gasteiger partial charge on any atom is -0.486 e. The molecule has 21 heteroatoms. The number of nitrogens with two attached hydrogens (primary N) is 1. The number of carbonyl (C=O) groups excluding carboxylic acids is 1. The molecule has 6 heterocycles. The molecule has 6 N–H and O–H groups in total. The van der Waals surface area contributed by atoms with E-state index in [2.05, 4.69) is 25.4 Å². The maximum atomic E-state index is 14.8. The van der Waals surface area contributed by atoms with Crippen LogP contribution in [0.15, 0.2) is 120 Å². The van der Waals surface area contributed by atoms with Gasteiger partial charge in [0.2, 0.25) is 0 Å². The molecule has 1 amide bonds. The molecule has 6 aromatic carbocycles. The number of nitrogens with zero attached hydrogens (tertiary/aromatic N) is 4. The standard InChI is InChI=1S/C30H29F2N3O5.C15H21FN2O3.C15H10FNO3.2CH4/c31-22-6-3-18(4-7-22)19-5-8-23-21(13-19)17-40-34-27(23)30(37)33-25(16-35-9-1-2-10-35)28(36)20-14-24(32)29-26(15-20)38-11-12-39-29;16-11-7-10(8-13-15(11)21-6-5-20-13)14(19)12(17)9-18-3-1-2-4-18;16-12-4-1-9(2-5-12)10-3-6-13-11(7-10)8-20-17-14(13)15(18)19;;/h3-8,13-15,25,28,36H,1-2,9-12,16-17H2,(H,33,37);7-8,12,14,19H,1-6,9,17H2;1-7H,8H2,(H,18,19);2*1H4/t25-,28-;12-,14-;;;/m11.../s1. The fraction of sp³-hybridized carbons (Fsp3) is 0.355. The number of halogens is 4. The lowest BCUT2D eigenvalue weighted by atomic mass is 9.95. The number of aliphatic hydroxyl groups is 2. The van der Waals surface area contributed by atoms with E-state index in [1.807, 2.05) is 18.2 Å². The van der Waals surface area contributed by atoms with Crippen molar-refractivity contribution in [2.75, 3.05) is 65.7 Å². The van der Waals surface area contributed by atoms with Gasteiger partial charge in [0, 0.05) is 41.4 Å². The molecule has 4 atom stereocenters. The lowest BCUT2D eigenvalue weighted by Gasteiger charge is -2.30. The lowest BCUT2D eigenvalue weighted by Crippen LogP contribution is -2.49. The van der Waals surface area contributed by atoms with Gasteiger partial charge in [0.25, 0.3) is 5.91 Å². The Morgan fingerprint density at radius 3 is 1.46 bits per heavy atom. The molecular weight excluding hydrogens is 1080 g/mol. The van der Waals surface area contributed by atoms with E-state index in [1.165, 1.54) is 49.2 Å². The highest BCUT2D eigenvalue weighted by atomic mass is 19.1. The van der Waals surface area contributed by atoms with Crippen LogP contribution in [0.4, 0.5) is 17.6 Å². The molecule has 0 aromatic heterocycles. The van der Waals surface area contributed by atoms with E-state index < -0.39 is 47.8 Å². The van der Waals surface area contributed by atoms with Crippen LogP contribution in [0, 0.1) is 23.3 Å². The van der Waals surface area contributed by atoms with E-state index in [4.69, 9.17) is 39.5 Å². The van der Waals surface area contributed by atoms with Gasteiger partial charge in [-0.1, -0.05) is 73.7 Å². The Morgan fingerprint density at radius 2 is 0.976 bits per heavy atom. The molecule has 0 spiro atoms. The van der Waals surface area contributed by atoms with Gasteiger partial charge in [-0.2, -0.15) is 0 Å². The smallest absolute Gasteiger partial charge is 0.358 e. The zero-order valence-electron chi connectivity index (χ0n) is 44.0. The number of oxime groups is 2. The maximum absolute atomic E-state index is 14.8. The molecule has 12 rings (SSSR count). The average Bonchev–Trinajstić information content (AvgIpc) is 4.33. The van der Waals surface area contributed by atoms with Crippen molar-refractivity contribution < 1.29 is 71.1 Å². The molecule has 0 radical (unpaired) electrons. The number of ether oxygens (including phenoxy) is 4. The number of rotatable bonds is 13. The summed E-state index contributed by atoms with van der Waals surface area (Å²) in [6.45, 7) is 6.32. The number of aliphatic carboxylic acids is 1. The molecule has 440 valence electrons. The molecule has 83 heavy (non-hydrogen) atoms. The first kappa shape index (κ1) is 61.0. The highest BCUT2D eigenvalue weighted by Gasteiger charge is 2.33. The molecular formula is C62H68F4N6O11. The van der Waals surface area contributed by atoms with Crippen molar-refractivity contribution in [3.8, 4) is 45.3 Å². The molecule has 17 nitrogen and oxygen atoms in total. The first-order chi connectivity index (χ1) is 39.3. The second-order valence-electron chi connectivity index (χ2n) is 20.2. The fourth-order valence-corrected chi connectivity index (χ4v) is 10.4. The second-order valence-corrected chi connectivity index (χ2v) is 20.2. The molecule has 0 aliphatic carbocycles. The molecule has 6 aliphatic rings. The molecule has 6 aromatic rings. The van der Waals surface area contributed by atoms with Crippen molar-refractivity contribution in [3.63, 3.8) is 0 Å². The summed E-state index contributed by atoms with van der Waals surface area (Å²) in [4.78, 5) is 39.3. The Morgan fingerprint density at radius 1 is 0.554 bits per heavy atom. The monoisotopic (exact) mass is 1150 g/mol. The number of likely N-dealkylation sites (tertiary alicyclic amines) is 2. The van der Waals surface area contributed by atoms with Crippen LogP contribution < -0.4 is 30.0 Å². The summed E-state index contributed by atoms with van der Waals surface area (Å²) < 4.78 is 76.6. The Balaban J connectivity index is 0.000000177. The van der Waals surface area contributed by atoms with Crippen molar-refractivity contribution in [1.82, 2.24) is 15.1 Å². The highest BCUT2D eigenvalue weighted by molar-refractivity contribution is 6.45. The third-order valence-electron chi connectivity index (χ3n) is 14.6. The molecule has 0 saturated carbocycles. The third kappa shape index (κ3) is 14.6. The summed E-state index contributed by atoms with van der Waals surface area (Å²) in [5, 5.41) is 41.3. The van der Waals surface area contributed by atoms with E-state index in [-0.39, 0.29) is 87.2 Å². The minimum atomic E-state index is -1.22. The van der Waals surface area contributed by atoms with Crippen LogP contribution >= 0.6 is 0 Å². The van der Waals surface area contributed by atoms with Gasteiger partial charge in [0.15, 0.2) is 46.1 Å². The topological polar surface area (TPSA) is 219 Å². The normalized spacial score (nSPS) is 17.1. The number of aliphatic hydroxyl groups excluding tert-OH is 2. The predicted octanol–water partition coefficient (Wildman–Crippen LogP) is 9.09. The van der Waals surface area contributed by atoms with Gasteiger partial charge < -0.3 is 64.8 Å². The van der Waals surface area contributed by atoms with Gasteiger partial charge in [-0.3, -0.25) is 4.79 Å². The van der Waals surface area contributed by atoms with Gasteiger partial charge in [0.05, 0.1) is 12.1 Å². The summed E-state index contributed by atoms with van der Waals surface area (Å²) in [5.74, 6) is -2.71. The van der Waals surface area contributed by atoms with Crippen LogP contribution in [0.1, 0.15) is 86.1 Å².